The summed E-state index contributed by atoms with van der Waals surface area (Å²) in [4.78, 5) is 20.1. The molecule has 2 atom stereocenters. The van der Waals surface area contributed by atoms with E-state index >= 15 is 0 Å². The summed E-state index contributed by atoms with van der Waals surface area (Å²) in [5.41, 5.74) is 2.28. The number of hydrogen-bond donors (Lipinski definition) is 1. The lowest BCUT2D eigenvalue weighted by molar-refractivity contribution is -0.150. The number of β-amino-alcohol motifs (C(OH)–C–C–N with tert-alkyl or cyclic N) is 1. The number of ether oxygens (including phenoxy) is 1. The number of carbonyl (C=O) groups excluding carboxylic acids is 1. The van der Waals surface area contributed by atoms with Crippen LogP contribution in [-0.4, -0.2) is 83.2 Å². The smallest absolute Gasteiger partial charge is 0.227 e. The fourth-order valence-corrected chi connectivity index (χ4v) is 5.65. The third-order valence-electron chi connectivity index (χ3n) is 7.07. The van der Waals surface area contributed by atoms with E-state index < -0.39 is 0 Å². The summed E-state index contributed by atoms with van der Waals surface area (Å²) in [6.45, 7) is 4.95. The van der Waals surface area contributed by atoms with Gasteiger partial charge in [0.05, 0.1) is 25.2 Å². The summed E-state index contributed by atoms with van der Waals surface area (Å²) in [6, 6.07) is 18.5. The van der Waals surface area contributed by atoms with Crippen LogP contribution in [-0.2, 0) is 17.8 Å². The molecular weight excluding hydrogens is 390 g/mol. The van der Waals surface area contributed by atoms with Crippen LogP contribution < -0.4 is 4.74 Å². The Morgan fingerprint density at radius 1 is 1.03 bits per heavy atom. The Hall–Kier alpha value is -2.41. The summed E-state index contributed by atoms with van der Waals surface area (Å²) in [5, 5.41) is 10.4. The molecule has 1 spiro atoms. The van der Waals surface area contributed by atoms with Gasteiger partial charge in [-0.15, -0.1) is 0 Å². The minimum atomic E-state index is -0.290. The highest BCUT2D eigenvalue weighted by Crippen LogP contribution is 2.39. The van der Waals surface area contributed by atoms with Crippen LogP contribution in [0.1, 0.15) is 17.5 Å². The van der Waals surface area contributed by atoms with Crippen LogP contribution in [0.25, 0.3) is 0 Å². The van der Waals surface area contributed by atoms with Crippen molar-refractivity contribution >= 4 is 5.91 Å². The van der Waals surface area contributed by atoms with Crippen LogP contribution in [0.4, 0.5) is 0 Å². The average molecular weight is 422 g/mol. The zero-order valence-electron chi connectivity index (χ0n) is 18.1. The Morgan fingerprint density at radius 2 is 1.77 bits per heavy atom. The maximum atomic E-state index is 13.1. The third kappa shape index (κ3) is 4.07. The Labute approximate surface area is 184 Å². The standard InChI is InChI=1S/C25H31N3O3/c1-31-23-9-7-20(8-10-23)13-26-16-25(17-26)18-27(14-21-12-22(29)15-28(21)25)24(30)11-19-5-3-2-4-6-19/h2-10,21-22,29H,11-18H2,1H3/t21-,22+/m0/s1. The molecule has 3 aliphatic rings. The number of nitrogens with zero attached hydrogens (tertiary/aromatic N) is 3. The second-order valence-electron chi connectivity index (χ2n) is 9.35. The lowest BCUT2D eigenvalue weighted by Crippen LogP contribution is -2.78. The van der Waals surface area contributed by atoms with Crippen molar-refractivity contribution in [1.29, 1.82) is 0 Å². The van der Waals surface area contributed by atoms with Gasteiger partial charge in [-0.2, -0.15) is 0 Å². The van der Waals surface area contributed by atoms with E-state index in [0.29, 0.717) is 6.42 Å². The van der Waals surface area contributed by atoms with Crippen molar-refractivity contribution in [3.63, 3.8) is 0 Å². The molecule has 1 N–H and O–H groups in total. The number of piperazine rings is 1. The lowest BCUT2D eigenvalue weighted by Gasteiger charge is -2.61. The van der Waals surface area contributed by atoms with Gasteiger partial charge in [-0.1, -0.05) is 42.5 Å². The number of aliphatic hydroxyl groups is 1. The van der Waals surface area contributed by atoms with Crippen LogP contribution >= 0.6 is 0 Å². The molecule has 0 aliphatic carbocycles. The van der Waals surface area contributed by atoms with E-state index in [0.717, 1.165) is 57.0 Å². The normalized spacial score (nSPS) is 25.3. The molecule has 3 saturated heterocycles. The van der Waals surface area contributed by atoms with E-state index in [2.05, 4.69) is 26.8 Å². The molecule has 1 amide bonds. The summed E-state index contributed by atoms with van der Waals surface area (Å²) in [7, 11) is 1.68. The fraction of sp³-hybridized carbons (Fsp3) is 0.480. The van der Waals surface area contributed by atoms with Gasteiger partial charge < -0.3 is 14.7 Å². The van der Waals surface area contributed by atoms with Gasteiger partial charge in [0.15, 0.2) is 0 Å². The van der Waals surface area contributed by atoms with Crippen molar-refractivity contribution in [3.05, 3.63) is 65.7 Å². The number of hydrogen-bond acceptors (Lipinski definition) is 5. The maximum Gasteiger partial charge on any atom is 0.227 e. The summed E-state index contributed by atoms with van der Waals surface area (Å²) in [5.74, 6) is 1.07. The van der Waals surface area contributed by atoms with E-state index in [1.165, 1.54) is 5.56 Å². The largest absolute Gasteiger partial charge is 0.497 e. The first-order valence-corrected chi connectivity index (χ1v) is 11.2. The Kier molecular flexibility index (Phi) is 5.46. The molecule has 2 aromatic rings. The van der Waals surface area contributed by atoms with E-state index in [1.54, 1.807) is 7.11 Å². The van der Waals surface area contributed by atoms with Crippen LogP contribution in [0.15, 0.2) is 54.6 Å². The summed E-state index contributed by atoms with van der Waals surface area (Å²) in [6.07, 6.45) is 0.915. The Balaban J connectivity index is 1.27. The van der Waals surface area contributed by atoms with E-state index in [1.807, 2.05) is 42.5 Å². The quantitative estimate of drug-likeness (QED) is 0.798. The van der Waals surface area contributed by atoms with E-state index in [4.69, 9.17) is 4.74 Å². The van der Waals surface area contributed by atoms with Gasteiger partial charge in [0.1, 0.15) is 5.75 Å². The molecule has 0 bridgehead atoms. The van der Waals surface area contributed by atoms with Gasteiger partial charge in [-0.3, -0.25) is 14.6 Å². The van der Waals surface area contributed by atoms with Crippen LogP contribution in [0.3, 0.4) is 0 Å². The highest BCUT2D eigenvalue weighted by Gasteiger charge is 2.56. The van der Waals surface area contributed by atoms with Crippen molar-refractivity contribution in [2.24, 2.45) is 0 Å². The van der Waals surface area contributed by atoms with Gasteiger partial charge in [0.25, 0.3) is 0 Å². The number of fused-ring (bicyclic) bond motifs is 2. The van der Waals surface area contributed by atoms with Crippen molar-refractivity contribution in [2.45, 2.75) is 37.1 Å². The second-order valence-corrected chi connectivity index (χ2v) is 9.35. The lowest BCUT2D eigenvalue weighted by atomic mass is 9.83. The first kappa shape index (κ1) is 20.5. The zero-order valence-corrected chi connectivity index (χ0v) is 18.1. The van der Waals surface area contributed by atoms with E-state index in [9.17, 15) is 9.90 Å². The minimum Gasteiger partial charge on any atom is -0.497 e. The van der Waals surface area contributed by atoms with Crippen molar-refractivity contribution in [1.82, 2.24) is 14.7 Å². The van der Waals surface area contributed by atoms with Crippen molar-refractivity contribution in [3.8, 4) is 5.75 Å². The highest BCUT2D eigenvalue weighted by molar-refractivity contribution is 5.79. The summed E-state index contributed by atoms with van der Waals surface area (Å²) >= 11 is 0. The van der Waals surface area contributed by atoms with Crippen LogP contribution in [0.5, 0.6) is 5.75 Å². The van der Waals surface area contributed by atoms with Crippen LogP contribution in [0.2, 0.25) is 0 Å². The number of carbonyl (C=O) groups is 1. The molecule has 0 unspecified atom stereocenters. The SMILES string of the molecule is COc1ccc(CN2CC3(C2)CN(C(=O)Cc2ccccc2)C[C@@H]2C[C@@H](O)CN23)cc1. The predicted octanol–water partition coefficient (Wildman–Crippen LogP) is 1.77. The number of amides is 1. The van der Waals surface area contributed by atoms with Crippen molar-refractivity contribution in [2.75, 3.05) is 39.8 Å². The maximum absolute atomic E-state index is 13.1. The molecule has 6 nitrogen and oxygen atoms in total. The fourth-order valence-electron chi connectivity index (χ4n) is 5.65. The summed E-state index contributed by atoms with van der Waals surface area (Å²) < 4.78 is 5.26. The molecule has 3 fully saturated rings. The first-order chi connectivity index (χ1) is 15.0. The van der Waals surface area contributed by atoms with Gasteiger partial charge in [0, 0.05) is 45.3 Å². The first-order valence-electron chi connectivity index (χ1n) is 11.2. The Bertz CT molecular complexity index is 911. The average Bonchev–Trinajstić information content (AvgIpc) is 3.14. The number of aliphatic hydroxyl groups excluding tert-OH is 1. The van der Waals surface area contributed by atoms with Crippen molar-refractivity contribution < 1.29 is 14.6 Å². The van der Waals surface area contributed by atoms with Gasteiger partial charge in [-0.05, 0) is 29.7 Å². The second kappa shape index (κ2) is 8.26. The van der Waals surface area contributed by atoms with Gasteiger partial charge in [-0.25, -0.2) is 0 Å². The Morgan fingerprint density at radius 3 is 2.48 bits per heavy atom. The molecule has 0 radical (unpaired) electrons. The monoisotopic (exact) mass is 421 g/mol. The topological polar surface area (TPSA) is 56.3 Å². The molecule has 3 aliphatic heterocycles. The van der Waals surface area contributed by atoms with Crippen LogP contribution in [0, 0.1) is 0 Å². The number of methoxy groups -OCH3 is 1. The molecule has 2 aromatic carbocycles. The predicted molar refractivity (Wildman–Crippen MR) is 119 cm³/mol. The molecular formula is C25H31N3O3. The molecule has 0 aromatic heterocycles. The molecule has 6 heteroatoms. The molecule has 164 valence electrons. The van der Waals surface area contributed by atoms with E-state index in [-0.39, 0.29) is 23.6 Å². The minimum absolute atomic E-state index is 0.0424. The molecule has 3 heterocycles. The molecule has 0 saturated carbocycles. The van der Waals surface area contributed by atoms with Gasteiger partial charge >= 0.3 is 0 Å². The van der Waals surface area contributed by atoms with Gasteiger partial charge in [0.2, 0.25) is 5.91 Å². The highest BCUT2D eigenvalue weighted by atomic mass is 16.5. The third-order valence-corrected chi connectivity index (χ3v) is 7.07. The molecule has 31 heavy (non-hydrogen) atoms. The zero-order chi connectivity index (χ0) is 21.4. The number of likely N-dealkylation sites (tertiary alicyclic amines) is 1. The number of rotatable bonds is 5. The number of benzene rings is 2. The molecule has 5 rings (SSSR count).